The molecule has 2 aromatic rings. The quantitative estimate of drug-likeness (QED) is 0.429. The third-order valence-corrected chi connectivity index (χ3v) is 9.23. The number of thiazole rings is 1. The van der Waals surface area contributed by atoms with Crippen LogP contribution in [0.25, 0.3) is 10.4 Å². The van der Waals surface area contributed by atoms with Crippen molar-refractivity contribution in [3.05, 3.63) is 32.9 Å². The molecule has 0 bridgehead atoms. The number of carbonyl (C=O) groups is 1. The second-order valence-electron chi connectivity index (χ2n) is 10.4. The van der Waals surface area contributed by atoms with Crippen LogP contribution < -0.4 is 10.0 Å². The highest BCUT2D eigenvalue weighted by atomic mass is 35.5. The number of hydrogen-bond donors (Lipinski definition) is 3. The number of rotatable bonds is 8. The van der Waals surface area contributed by atoms with Gasteiger partial charge in [0.2, 0.25) is 10.0 Å². The summed E-state index contributed by atoms with van der Waals surface area (Å²) in [4.78, 5) is 17.9. The molecule has 1 saturated carbocycles. The summed E-state index contributed by atoms with van der Waals surface area (Å²) in [7, 11) is -3.89. The van der Waals surface area contributed by atoms with Gasteiger partial charge in [0.1, 0.15) is 4.90 Å². The molecule has 7 nitrogen and oxygen atoms in total. The lowest BCUT2D eigenvalue weighted by Gasteiger charge is -2.25. The second-order valence-corrected chi connectivity index (χ2v) is 13.8. The first-order valence-electron chi connectivity index (χ1n) is 11.1. The number of aliphatic hydroxyl groups is 1. The Labute approximate surface area is 215 Å². The number of sulfonamides is 1. The Balaban J connectivity index is 2.01. The van der Waals surface area contributed by atoms with Gasteiger partial charge in [0.15, 0.2) is 5.01 Å². The number of amides is 1. The summed E-state index contributed by atoms with van der Waals surface area (Å²) in [5, 5.41) is 12.9. The Morgan fingerprint density at radius 1 is 1.18 bits per heavy atom. The molecule has 3 rings (SSSR count). The van der Waals surface area contributed by atoms with Crippen molar-refractivity contribution in [1.82, 2.24) is 15.0 Å². The molecule has 34 heavy (non-hydrogen) atoms. The topological polar surface area (TPSA) is 108 Å². The van der Waals surface area contributed by atoms with Gasteiger partial charge in [-0.2, -0.15) is 0 Å². The van der Waals surface area contributed by atoms with Crippen LogP contribution in [0.5, 0.6) is 0 Å². The molecule has 1 fully saturated rings. The monoisotopic (exact) mass is 547 g/mol. The Bertz CT molecular complexity index is 1180. The summed E-state index contributed by atoms with van der Waals surface area (Å²) in [6, 6.07) is 3.04. The summed E-state index contributed by atoms with van der Waals surface area (Å²) in [5.41, 5.74) is -0.463. The number of nitrogens with one attached hydrogen (secondary N) is 2. The number of hydrogen-bond acceptors (Lipinski definition) is 6. The van der Waals surface area contributed by atoms with Gasteiger partial charge in [0, 0.05) is 17.6 Å². The van der Waals surface area contributed by atoms with Crippen LogP contribution in [0.15, 0.2) is 17.0 Å². The van der Waals surface area contributed by atoms with Gasteiger partial charge in [-0.05, 0) is 53.0 Å². The molecule has 0 spiro atoms. The lowest BCUT2D eigenvalue weighted by atomic mass is 9.82. The molecule has 188 valence electrons. The molecule has 1 aromatic carbocycles. The van der Waals surface area contributed by atoms with E-state index in [1.807, 2.05) is 0 Å². The molecule has 0 saturated heterocycles. The van der Waals surface area contributed by atoms with Crippen molar-refractivity contribution >= 4 is 50.5 Å². The highest BCUT2D eigenvalue weighted by molar-refractivity contribution is 7.89. The fourth-order valence-corrected chi connectivity index (χ4v) is 6.90. The third kappa shape index (κ3) is 6.71. The first-order chi connectivity index (χ1) is 15.6. The van der Waals surface area contributed by atoms with Crippen LogP contribution in [0.4, 0.5) is 0 Å². The van der Waals surface area contributed by atoms with Gasteiger partial charge in [-0.3, -0.25) is 4.79 Å². The van der Waals surface area contributed by atoms with Gasteiger partial charge in [-0.15, -0.1) is 11.3 Å². The fraction of sp³-hybridized carbons (Fsp3) is 0.565. The SMILES string of the molecule is CC(C)(O)CNC(=O)c1nc(CC2CCC2)c(-c2ccc(S(=O)(=O)NC(C)(C)C)c(Cl)c2Cl)s1. The number of halogens is 2. The molecule has 0 radical (unpaired) electrons. The summed E-state index contributed by atoms with van der Waals surface area (Å²) in [5.74, 6) is 0.0991. The zero-order valence-electron chi connectivity index (χ0n) is 20.0. The minimum absolute atomic E-state index is 0.0769. The van der Waals surface area contributed by atoms with Crippen molar-refractivity contribution in [1.29, 1.82) is 0 Å². The molecule has 1 aromatic heterocycles. The molecule has 1 amide bonds. The van der Waals surface area contributed by atoms with Crippen LogP contribution >= 0.6 is 34.5 Å². The van der Waals surface area contributed by atoms with E-state index in [4.69, 9.17) is 23.2 Å². The van der Waals surface area contributed by atoms with E-state index >= 15 is 0 Å². The van der Waals surface area contributed by atoms with Crippen LogP contribution in [0.2, 0.25) is 10.0 Å². The third-order valence-electron chi connectivity index (χ3n) is 5.30. The summed E-state index contributed by atoms with van der Waals surface area (Å²) < 4.78 is 28.3. The predicted octanol–water partition coefficient (Wildman–Crippen LogP) is 5.04. The van der Waals surface area contributed by atoms with Crippen LogP contribution in [-0.4, -0.2) is 42.1 Å². The summed E-state index contributed by atoms with van der Waals surface area (Å²) >= 11 is 14.2. The Morgan fingerprint density at radius 2 is 1.82 bits per heavy atom. The molecule has 1 aliphatic rings. The molecular formula is C23H31Cl2N3O4S2. The van der Waals surface area contributed by atoms with Crippen LogP contribution in [-0.2, 0) is 16.4 Å². The predicted molar refractivity (Wildman–Crippen MR) is 137 cm³/mol. The maximum Gasteiger partial charge on any atom is 0.280 e. The van der Waals surface area contributed by atoms with Gasteiger partial charge in [0.25, 0.3) is 5.91 Å². The van der Waals surface area contributed by atoms with E-state index in [0.29, 0.717) is 22.8 Å². The number of nitrogens with zero attached hydrogens (tertiary/aromatic N) is 1. The Kier molecular flexibility index (Phi) is 8.07. The first kappa shape index (κ1) is 27.4. The van der Waals surface area contributed by atoms with Crippen LogP contribution in [0, 0.1) is 5.92 Å². The molecule has 0 atom stereocenters. The molecule has 0 aliphatic heterocycles. The van der Waals surface area contributed by atoms with E-state index in [0.717, 1.165) is 18.5 Å². The Morgan fingerprint density at radius 3 is 2.35 bits per heavy atom. The molecule has 11 heteroatoms. The van der Waals surface area contributed by atoms with Crippen molar-refractivity contribution in [2.45, 2.75) is 76.3 Å². The fourth-order valence-electron chi connectivity index (χ4n) is 3.51. The molecule has 1 heterocycles. The standard InChI is InChI=1S/C23H31Cl2N3O4S2/c1-22(2,3)28-34(31,32)16-10-9-14(17(24)18(16)25)19-15(11-13-7-6-8-13)27-21(33-19)20(29)26-12-23(4,5)30/h9-10,13,28,30H,6-8,11-12H2,1-5H3,(H,26,29). The van der Waals surface area contributed by atoms with Crippen molar-refractivity contribution in [2.24, 2.45) is 5.92 Å². The zero-order chi connectivity index (χ0) is 25.5. The normalized spacial score (nSPS) is 15.3. The van der Waals surface area contributed by atoms with E-state index in [-0.39, 0.29) is 32.4 Å². The first-order valence-corrected chi connectivity index (χ1v) is 14.2. The average Bonchev–Trinajstić information content (AvgIpc) is 3.06. The lowest BCUT2D eigenvalue weighted by Crippen LogP contribution is -2.40. The lowest BCUT2D eigenvalue weighted by molar-refractivity contribution is 0.0694. The van der Waals surface area contributed by atoms with Crippen molar-refractivity contribution < 1.29 is 18.3 Å². The number of aromatic nitrogens is 1. The molecular weight excluding hydrogens is 517 g/mol. The largest absolute Gasteiger partial charge is 0.389 e. The van der Waals surface area contributed by atoms with Crippen molar-refractivity contribution in [3.63, 3.8) is 0 Å². The number of benzene rings is 1. The zero-order valence-corrected chi connectivity index (χ0v) is 23.1. The van der Waals surface area contributed by atoms with Gasteiger partial charge < -0.3 is 10.4 Å². The van der Waals surface area contributed by atoms with E-state index in [2.05, 4.69) is 15.0 Å². The van der Waals surface area contributed by atoms with Gasteiger partial charge in [-0.1, -0.05) is 48.5 Å². The highest BCUT2D eigenvalue weighted by Crippen LogP contribution is 2.43. The minimum Gasteiger partial charge on any atom is -0.389 e. The number of carbonyl (C=O) groups excluding carboxylic acids is 1. The van der Waals surface area contributed by atoms with Gasteiger partial charge in [-0.25, -0.2) is 18.1 Å². The molecule has 1 aliphatic carbocycles. The molecule has 3 N–H and O–H groups in total. The van der Waals surface area contributed by atoms with E-state index in [1.54, 1.807) is 40.7 Å². The van der Waals surface area contributed by atoms with Crippen LogP contribution in [0.1, 0.15) is 69.4 Å². The summed E-state index contributed by atoms with van der Waals surface area (Å²) in [6.45, 7) is 8.51. The van der Waals surface area contributed by atoms with E-state index in [9.17, 15) is 18.3 Å². The van der Waals surface area contributed by atoms with Crippen molar-refractivity contribution in [3.8, 4) is 10.4 Å². The van der Waals surface area contributed by atoms with Gasteiger partial charge in [0.05, 0.1) is 26.2 Å². The Hall–Kier alpha value is -1.23. The minimum atomic E-state index is -3.89. The summed E-state index contributed by atoms with van der Waals surface area (Å²) in [6.07, 6.45) is 4.07. The average molecular weight is 549 g/mol. The maximum atomic E-state index is 12.8. The van der Waals surface area contributed by atoms with Gasteiger partial charge >= 0.3 is 0 Å². The van der Waals surface area contributed by atoms with Crippen LogP contribution in [0.3, 0.4) is 0 Å². The smallest absolute Gasteiger partial charge is 0.280 e. The molecule has 0 unspecified atom stereocenters. The highest BCUT2D eigenvalue weighted by Gasteiger charge is 2.29. The maximum absolute atomic E-state index is 12.8. The van der Waals surface area contributed by atoms with E-state index in [1.165, 1.54) is 23.8 Å². The van der Waals surface area contributed by atoms with E-state index < -0.39 is 21.2 Å². The van der Waals surface area contributed by atoms with Crippen molar-refractivity contribution in [2.75, 3.05) is 6.54 Å². The second kappa shape index (κ2) is 10.0.